The highest BCUT2D eigenvalue weighted by atomic mass is 127. The zero-order valence-corrected chi connectivity index (χ0v) is 21.5. The van der Waals surface area contributed by atoms with Crippen LogP contribution in [0.25, 0.3) is 0 Å². The van der Waals surface area contributed by atoms with Crippen LogP contribution in [0.2, 0.25) is 0 Å². The number of guanidine groups is 1. The van der Waals surface area contributed by atoms with E-state index in [0.717, 1.165) is 18.7 Å². The molecule has 2 aliphatic heterocycles. The predicted molar refractivity (Wildman–Crippen MR) is 133 cm³/mol. The quantitative estimate of drug-likeness (QED) is 0.345. The molecule has 2 N–H and O–H groups in total. The minimum Gasteiger partial charge on any atom is -0.444 e. The van der Waals surface area contributed by atoms with Crippen LogP contribution in [-0.4, -0.2) is 91.4 Å². The fourth-order valence-electron chi connectivity index (χ4n) is 3.73. The molecule has 0 spiro atoms. The van der Waals surface area contributed by atoms with Crippen LogP contribution < -0.4 is 5.73 Å². The topological polar surface area (TPSA) is 83.6 Å². The Morgan fingerprint density at radius 1 is 1.09 bits per heavy atom. The molecule has 2 aliphatic rings. The van der Waals surface area contributed by atoms with E-state index in [1.54, 1.807) is 17.0 Å². The van der Waals surface area contributed by atoms with Crippen molar-refractivity contribution in [3.05, 3.63) is 35.6 Å². The summed E-state index contributed by atoms with van der Waals surface area (Å²) in [5.74, 6) is 0.208. The number of nitrogens with zero attached hydrogens (tertiary/aromatic N) is 4. The number of benzene rings is 1. The van der Waals surface area contributed by atoms with Gasteiger partial charge in [-0.1, -0.05) is 12.1 Å². The van der Waals surface area contributed by atoms with Gasteiger partial charge in [0.05, 0.1) is 25.8 Å². The van der Waals surface area contributed by atoms with Gasteiger partial charge in [-0.15, -0.1) is 24.0 Å². The lowest BCUT2D eigenvalue weighted by atomic mass is 10.0. The first kappa shape index (κ1) is 26.6. The molecule has 10 heteroatoms. The molecule has 0 saturated carbocycles. The molecule has 0 aliphatic carbocycles. The van der Waals surface area contributed by atoms with Crippen molar-refractivity contribution in [2.45, 2.75) is 32.4 Å². The standard InChI is InChI=1S/C22H34FN5O3.HI/c1-22(2,3)31-21(29)28-10-8-27(9-11-28)20(24)25-16-19(26-12-14-30-15-13-26)17-4-6-18(23)7-5-17;/h4-7,19H,8-16H2,1-3H3,(H2,24,25);1H. The van der Waals surface area contributed by atoms with Crippen LogP contribution in [0.4, 0.5) is 9.18 Å². The smallest absolute Gasteiger partial charge is 0.410 e. The number of aliphatic imine (C=N–C) groups is 1. The molecule has 3 rings (SSSR count). The first-order chi connectivity index (χ1) is 14.7. The molecule has 1 amide bonds. The minimum atomic E-state index is -0.510. The van der Waals surface area contributed by atoms with Crippen molar-refractivity contribution in [1.29, 1.82) is 0 Å². The number of piperazine rings is 1. The summed E-state index contributed by atoms with van der Waals surface area (Å²) in [5, 5.41) is 0. The second-order valence-corrected chi connectivity index (χ2v) is 8.87. The van der Waals surface area contributed by atoms with Crippen molar-refractivity contribution in [2.75, 3.05) is 59.0 Å². The molecule has 1 atom stereocenters. The van der Waals surface area contributed by atoms with E-state index in [2.05, 4.69) is 9.89 Å². The molecule has 180 valence electrons. The fraction of sp³-hybridized carbons (Fsp3) is 0.636. The Morgan fingerprint density at radius 2 is 1.66 bits per heavy atom. The van der Waals surface area contributed by atoms with Crippen molar-refractivity contribution in [2.24, 2.45) is 10.7 Å². The average Bonchev–Trinajstić information content (AvgIpc) is 2.74. The molecule has 1 aromatic rings. The molecular weight excluding hydrogens is 528 g/mol. The highest BCUT2D eigenvalue weighted by molar-refractivity contribution is 14.0. The maximum atomic E-state index is 13.4. The molecule has 8 nitrogen and oxygen atoms in total. The van der Waals surface area contributed by atoms with E-state index in [-0.39, 0.29) is 41.9 Å². The van der Waals surface area contributed by atoms with E-state index in [1.165, 1.54) is 12.1 Å². The first-order valence-electron chi connectivity index (χ1n) is 10.8. The van der Waals surface area contributed by atoms with Gasteiger partial charge in [0.2, 0.25) is 0 Å². The number of morpholine rings is 1. The van der Waals surface area contributed by atoms with E-state index in [1.807, 2.05) is 25.7 Å². The number of ether oxygens (including phenoxy) is 2. The van der Waals surface area contributed by atoms with Gasteiger partial charge in [-0.2, -0.15) is 0 Å². The van der Waals surface area contributed by atoms with E-state index in [0.29, 0.717) is 51.9 Å². The Labute approximate surface area is 206 Å². The normalized spacial score (nSPS) is 19.3. The summed E-state index contributed by atoms with van der Waals surface area (Å²) < 4.78 is 24.3. The van der Waals surface area contributed by atoms with Crippen molar-refractivity contribution in [1.82, 2.24) is 14.7 Å². The van der Waals surface area contributed by atoms with Crippen LogP contribution in [-0.2, 0) is 9.47 Å². The lowest BCUT2D eigenvalue weighted by Gasteiger charge is -2.37. The van der Waals surface area contributed by atoms with E-state index in [9.17, 15) is 9.18 Å². The summed E-state index contributed by atoms with van der Waals surface area (Å²) >= 11 is 0. The lowest BCUT2D eigenvalue weighted by molar-refractivity contribution is 0.0172. The van der Waals surface area contributed by atoms with Crippen LogP contribution in [0.5, 0.6) is 0 Å². The van der Waals surface area contributed by atoms with Crippen LogP contribution in [0.1, 0.15) is 32.4 Å². The molecule has 0 aromatic heterocycles. The van der Waals surface area contributed by atoms with Gasteiger partial charge in [0.1, 0.15) is 11.4 Å². The third kappa shape index (κ3) is 7.73. The molecule has 0 bridgehead atoms. The number of hydrogen-bond acceptors (Lipinski definition) is 5. The minimum absolute atomic E-state index is 0. The zero-order chi connectivity index (χ0) is 22.4. The van der Waals surface area contributed by atoms with Gasteiger partial charge in [-0.25, -0.2) is 9.18 Å². The van der Waals surface area contributed by atoms with Crippen molar-refractivity contribution in [3.63, 3.8) is 0 Å². The second kappa shape index (κ2) is 12.0. The predicted octanol–water partition coefficient (Wildman–Crippen LogP) is 2.68. The molecule has 1 aromatic carbocycles. The van der Waals surface area contributed by atoms with Gasteiger partial charge in [-0.05, 0) is 38.5 Å². The number of halogens is 2. The van der Waals surface area contributed by atoms with Gasteiger partial charge in [0.15, 0.2) is 5.96 Å². The van der Waals surface area contributed by atoms with Crippen LogP contribution in [0.3, 0.4) is 0 Å². The Kier molecular flexibility index (Phi) is 9.96. The number of hydrogen-bond donors (Lipinski definition) is 1. The maximum Gasteiger partial charge on any atom is 0.410 e. The number of rotatable bonds is 4. The summed E-state index contributed by atoms with van der Waals surface area (Å²) in [6.07, 6.45) is -0.300. The number of carbonyl (C=O) groups excluding carboxylic acids is 1. The third-order valence-electron chi connectivity index (χ3n) is 5.42. The molecule has 1 unspecified atom stereocenters. The molecule has 2 saturated heterocycles. The second-order valence-electron chi connectivity index (χ2n) is 8.87. The van der Waals surface area contributed by atoms with Crippen molar-refractivity contribution in [3.8, 4) is 0 Å². The Hall–Kier alpha value is -1.66. The Balaban J connectivity index is 0.00000363. The average molecular weight is 563 g/mol. The molecule has 2 heterocycles. The number of amides is 1. The summed E-state index contributed by atoms with van der Waals surface area (Å²) in [5.41, 5.74) is 6.79. The summed E-state index contributed by atoms with van der Waals surface area (Å²) in [6, 6.07) is 6.57. The fourth-order valence-corrected chi connectivity index (χ4v) is 3.73. The highest BCUT2D eigenvalue weighted by Gasteiger charge is 2.27. The number of carbonyl (C=O) groups is 1. The Bertz CT molecular complexity index is 758. The van der Waals surface area contributed by atoms with E-state index in [4.69, 9.17) is 15.2 Å². The van der Waals surface area contributed by atoms with Crippen LogP contribution in [0, 0.1) is 5.82 Å². The van der Waals surface area contributed by atoms with Gasteiger partial charge in [0, 0.05) is 39.3 Å². The lowest BCUT2D eigenvalue weighted by Crippen LogP contribution is -2.53. The van der Waals surface area contributed by atoms with Crippen LogP contribution >= 0.6 is 24.0 Å². The molecule has 2 fully saturated rings. The largest absolute Gasteiger partial charge is 0.444 e. The van der Waals surface area contributed by atoms with Gasteiger partial charge >= 0.3 is 6.09 Å². The summed E-state index contributed by atoms with van der Waals surface area (Å²) in [7, 11) is 0. The van der Waals surface area contributed by atoms with E-state index >= 15 is 0 Å². The first-order valence-corrected chi connectivity index (χ1v) is 10.8. The molecule has 32 heavy (non-hydrogen) atoms. The van der Waals surface area contributed by atoms with Crippen molar-refractivity contribution >= 4 is 36.0 Å². The third-order valence-corrected chi connectivity index (χ3v) is 5.42. The molecular formula is C22H35FIN5O3. The summed E-state index contributed by atoms with van der Waals surface area (Å²) in [6.45, 7) is 11.3. The van der Waals surface area contributed by atoms with Gasteiger partial charge in [-0.3, -0.25) is 9.89 Å². The monoisotopic (exact) mass is 563 g/mol. The summed E-state index contributed by atoms with van der Waals surface area (Å²) in [4.78, 5) is 22.9. The number of nitrogens with two attached hydrogens (primary N) is 1. The zero-order valence-electron chi connectivity index (χ0n) is 19.1. The highest BCUT2D eigenvalue weighted by Crippen LogP contribution is 2.23. The van der Waals surface area contributed by atoms with Crippen LogP contribution in [0.15, 0.2) is 29.3 Å². The molecule has 0 radical (unpaired) electrons. The Morgan fingerprint density at radius 3 is 2.22 bits per heavy atom. The van der Waals surface area contributed by atoms with E-state index < -0.39 is 5.60 Å². The maximum absolute atomic E-state index is 13.4. The van der Waals surface area contributed by atoms with Gasteiger partial charge in [0.25, 0.3) is 0 Å². The van der Waals surface area contributed by atoms with Crippen molar-refractivity contribution < 1.29 is 18.7 Å². The SMILES string of the molecule is CC(C)(C)OC(=O)N1CCN(C(N)=NCC(c2ccc(F)cc2)N2CCOCC2)CC1.I. The van der Waals surface area contributed by atoms with Gasteiger partial charge < -0.3 is 25.0 Å².